The van der Waals surface area contributed by atoms with Crippen molar-refractivity contribution in [3.63, 3.8) is 0 Å². The maximum Gasteiger partial charge on any atom is 0.120 e. The SMILES string of the molecule is CC(C)C(c1ccc(CC[C@@H](c2ccccc2)C(C)C)cc1)C(C)(C)Oc1ccc(C(C)(C)C(C)C)cc1. The van der Waals surface area contributed by atoms with E-state index in [-0.39, 0.29) is 16.9 Å². The average Bonchev–Trinajstić information content (AvgIpc) is 2.85. The first kappa shape index (κ1) is 30.0. The molecule has 0 aliphatic rings. The van der Waals surface area contributed by atoms with Crippen molar-refractivity contribution >= 4 is 0 Å². The van der Waals surface area contributed by atoms with Crippen LogP contribution in [0.5, 0.6) is 5.75 Å². The van der Waals surface area contributed by atoms with Crippen LogP contribution in [0.1, 0.15) is 110 Å². The monoisotopic (exact) mass is 512 g/mol. The summed E-state index contributed by atoms with van der Waals surface area (Å²) in [5.41, 5.74) is 5.40. The van der Waals surface area contributed by atoms with Gasteiger partial charge in [0.05, 0.1) is 0 Å². The zero-order chi connectivity index (χ0) is 28.1. The molecule has 0 bridgehead atoms. The summed E-state index contributed by atoms with van der Waals surface area (Å²) in [4.78, 5) is 0. The van der Waals surface area contributed by atoms with Gasteiger partial charge in [-0.25, -0.2) is 0 Å². The van der Waals surface area contributed by atoms with Crippen molar-refractivity contribution < 1.29 is 4.74 Å². The molecule has 3 aromatic carbocycles. The van der Waals surface area contributed by atoms with Crippen LogP contribution in [0, 0.1) is 17.8 Å². The number of rotatable bonds is 12. The van der Waals surface area contributed by atoms with Crippen LogP contribution in [-0.2, 0) is 11.8 Å². The van der Waals surface area contributed by atoms with Crippen molar-refractivity contribution in [2.75, 3.05) is 0 Å². The van der Waals surface area contributed by atoms with E-state index >= 15 is 0 Å². The van der Waals surface area contributed by atoms with Gasteiger partial charge < -0.3 is 4.74 Å². The summed E-state index contributed by atoms with van der Waals surface area (Å²) >= 11 is 0. The fraction of sp³-hybridized carbons (Fsp3) is 0.514. The predicted octanol–water partition coefficient (Wildman–Crippen LogP) is 10.6. The van der Waals surface area contributed by atoms with Crippen molar-refractivity contribution in [2.45, 2.75) is 105 Å². The van der Waals surface area contributed by atoms with Crippen LogP contribution in [0.15, 0.2) is 78.9 Å². The molecule has 206 valence electrons. The molecule has 0 amide bonds. The van der Waals surface area contributed by atoms with Crippen molar-refractivity contribution in [3.05, 3.63) is 101 Å². The highest BCUT2D eigenvalue weighted by molar-refractivity contribution is 5.34. The Kier molecular flexibility index (Phi) is 9.91. The van der Waals surface area contributed by atoms with Crippen molar-refractivity contribution in [3.8, 4) is 5.75 Å². The molecule has 3 aromatic rings. The molecular formula is C37H52O. The molecule has 1 nitrogen and oxygen atoms in total. The van der Waals surface area contributed by atoms with Crippen molar-refractivity contribution in [1.82, 2.24) is 0 Å². The number of hydrogen-bond acceptors (Lipinski definition) is 1. The Labute approximate surface area is 234 Å². The first-order valence-corrected chi connectivity index (χ1v) is 14.8. The topological polar surface area (TPSA) is 9.23 Å². The molecule has 0 aliphatic heterocycles. The highest BCUT2D eigenvalue weighted by Crippen LogP contribution is 2.39. The van der Waals surface area contributed by atoms with Gasteiger partial charge in [0.1, 0.15) is 11.4 Å². The maximum absolute atomic E-state index is 6.69. The van der Waals surface area contributed by atoms with Gasteiger partial charge in [-0.15, -0.1) is 0 Å². The number of aryl methyl sites for hydroxylation is 1. The summed E-state index contributed by atoms with van der Waals surface area (Å²) in [6, 6.07) is 29.1. The fourth-order valence-corrected chi connectivity index (χ4v) is 6.04. The van der Waals surface area contributed by atoms with E-state index in [4.69, 9.17) is 4.74 Å². The largest absolute Gasteiger partial charge is 0.487 e. The highest BCUT2D eigenvalue weighted by Gasteiger charge is 2.35. The molecule has 0 saturated heterocycles. The van der Waals surface area contributed by atoms with E-state index in [1.165, 1.54) is 28.7 Å². The van der Waals surface area contributed by atoms with Gasteiger partial charge in [0, 0.05) is 5.92 Å². The number of ether oxygens (including phenoxy) is 1. The zero-order valence-corrected chi connectivity index (χ0v) is 25.7. The maximum atomic E-state index is 6.69. The normalized spacial score (nSPS) is 14.2. The molecule has 3 rings (SSSR count). The molecule has 0 N–H and O–H groups in total. The summed E-state index contributed by atoms with van der Waals surface area (Å²) in [7, 11) is 0. The van der Waals surface area contributed by atoms with Crippen molar-refractivity contribution in [1.29, 1.82) is 0 Å². The van der Waals surface area contributed by atoms with E-state index in [1.54, 1.807) is 0 Å². The quantitative estimate of drug-likeness (QED) is 0.234. The Morgan fingerprint density at radius 2 is 1.21 bits per heavy atom. The van der Waals surface area contributed by atoms with Crippen molar-refractivity contribution in [2.24, 2.45) is 17.8 Å². The fourth-order valence-electron chi connectivity index (χ4n) is 6.04. The van der Waals surface area contributed by atoms with Gasteiger partial charge in [-0.2, -0.15) is 0 Å². The van der Waals surface area contributed by atoms with Crippen LogP contribution in [0.25, 0.3) is 0 Å². The number of hydrogen-bond donors (Lipinski definition) is 0. The first-order valence-electron chi connectivity index (χ1n) is 14.8. The van der Waals surface area contributed by atoms with Crippen LogP contribution < -0.4 is 4.74 Å². The second-order valence-corrected chi connectivity index (χ2v) is 13.4. The van der Waals surface area contributed by atoms with Crippen LogP contribution in [0.3, 0.4) is 0 Å². The summed E-state index contributed by atoms with van der Waals surface area (Å²) in [6.07, 6.45) is 2.27. The third-order valence-corrected chi connectivity index (χ3v) is 8.95. The van der Waals surface area contributed by atoms with E-state index in [9.17, 15) is 0 Å². The summed E-state index contributed by atoms with van der Waals surface area (Å²) < 4.78 is 6.69. The first-order chi connectivity index (χ1) is 17.8. The lowest BCUT2D eigenvalue weighted by Crippen LogP contribution is -2.38. The molecule has 0 heterocycles. The molecule has 0 spiro atoms. The van der Waals surface area contributed by atoms with E-state index in [2.05, 4.69) is 148 Å². The van der Waals surface area contributed by atoms with Gasteiger partial charge in [-0.1, -0.05) is 122 Å². The lowest BCUT2D eigenvalue weighted by molar-refractivity contribution is 0.0594. The van der Waals surface area contributed by atoms with E-state index < -0.39 is 0 Å². The van der Waals surface area contributed by atoms with E-state index in [1.807, 2.05) is 0 Å². The highest BCUT2D eigenvalue weighted by atomic mass is 16.5. The molecule has 2 atom stereocenters. The molecule has 1 unspecified atom stereocenters. The molecule has 0 aromatic heterocycles. The summed E-state index contributed by atoms with van der Waals surface area (Å²) in [6.45, 7) is 23.0. The van der Waals surface area contributed by atoms with Gasteiger partial charge in [-0.05, 0) is 90.2 Å². The molecule has 0 saturated carbocycles. The Bertz CT molecular complexity index is 1100. The van der Waals surface area contributed by atoms with Gasteiger partial charge in [0.25, 0.3) is 0 Å². The lowest BCUT2D eigenvalue weighted by Gasteiger charge is -2.38. The molecule has 0 fully saturated rings. The standard InChI is InChI=1S/C37H52O/c1-26(2)34(30-14-12-11-13-15-30)25-18-29-16-19-31(20-17-29)35(27(3)4)37(9,10)38-33-23-21-32(22-24-33)36(7,8)28(5)6/h11-17,19-24,26-28,34-35H,18,25H2,1-10H3/t34-,35?/m1/s1. The van der Waals surface area contributed by atoms with Crippen LogP contribution in [0.4, 0.5) is 0 Å². The second kappa shape index (κ2) is 12.5. The van der Waals surface area contributed by atoms with Gasteiger partial charge in [0.2, 0.25) is 0 Å². The minimum Gasteiger partial charge on any atom is -0.487 e. The van der Waals surface area contributed by atoms with E-state index in [0.29, 0.717) is 23.7 Å². The Morgan fingerprint density at radius 3 is 1.71 bits per heavy atom. The molecule has 0 aliphatic carbocycles. The minimum atomic E-state index is -0.333. The van der Waals surface area contributed by atoms with Crippen LogP contribution in [-0.4, -0.2) is 5.60 Å². The summed E-state index contributed by atoms with van der Waals surface area (Å²) in [5.74, 6) is 3.49. The molecular weight excluding hydrogens is 460 g/mol. The smallest absolute Gasteiger partial charge is 0.120 e. The van der Waals surface area contributed by atoms with Gasteiger partial charge >= 0.3 is 0 Å². The molecule has 0 radical (unpaired) electrons. The van der Waals surface area contributed by atoms with Crippen LogP contribution in [0.2, 0.25) is 0 Å². The Hall–Kier alpha value is -2.54. The van der Waals surface area contributed by atoms with Gasteiger partial charge in [-0.3, -0.25) is 0 Å². The Balaban J connectivity index is 1.73. The third kappa shape index (κ3) is 7.31. The Morgan fingerprint density at radius 1 is 0.632 bits per heavy atom. The minimum absolute atomic E-state index is 0.145. The molecule has 1 heteroatoms. The molecule has 38 heavy (non-hydrogen) atoms. The van der Waals surface area contributed by atoms with E-state index in [0.717, 1.165) is 12.2 Å². The summed E-state index contributed by atoms with van der Waals surface area (Å²) in [5, 5.41) is 0. The van der Waals surface area contributed by atoms with Crippen LogP contribution >= 0.6 is 0 Å². The average molecular weight is 513 g/mol. The predicted molar refractivity (Wildman–Crippen MR) is 165 cm³/mol. The zero-order valence-electron chi connectivity index (χ0n) is 25.7. The third-order valence-electron chi connectivity index (χ3n) is 8.95. The second-order valence-electron chi connectivity index (χ2n) is 13.4. The lowest BCUT2D eigenvalue weighted by atomic mass is 9.75. The van der Waals surface area contributed by atoms with Gasteiger partial charge in [0.15, 0.2) is 0 Å². The number of benzene rings is 3.